The fourth-order valence-corrected chi connectivity index (χ4v) is 3.15. The molecule has 1 aromatic heterocycles. The number of carbonyl (C=O) groups is 2. The molecule has 6 nitrogen and oxygen atoms in total. The molecule has 1 N–H and O–H groups in total. The number of aliphatic hydroxyl groups is 1. The summed E-state index contributed by atoms with van der Waals surface area (Å²) in [5.74, 6) is -5.42. The molecule has 0 saturated heterocycles. The van der Waals surface area contributed by atoms with Crippen LogP contribution in [0.1, 0.15) is 22.3 Å². The highest BCUT2D eigenvalue weighted by molar-refractivity contribution is 6.39. The number of aromatic nitrogens is 1. The van der Waals surface area contributed by atoms with Gasteiger partial charge in [-0.2, -0.15) is 0 Å². The molecule has 0 unspecified atom stereocenters. The molecule has 0 amide bonds. The maximum atomic E-state index is 14.2. The molecule has 0 aliphatic carbocycles. The normalized spacial score (nSPS) is 11.3. The molecule has 0 bridgehead atoms. The van der Waals surface area contributed by atoms with E-state index in [-0.39, 0.29) is 29.7 Å². The first-order valence-electron chi connectivity index (χ1n) is 9.63. The number of ether oxygens (including phenoxy) is 1. The Bertz CT molecular complexity index is 1310. The summed E-state index contributed by atoms with van der Waals surface area (Å²) in [6.45, 7) is -0.226. The van der Waals surface area contributed by atoms with Gasteiger partial charge in [0.25, 0.3) is 11.3 Å². The minimum Gasteiger partial charge on any atom is -0.507 e. The molecule has 0 radical (unpaired) electrons. The topological polar surface area (TPSA) is 85.6 Å². The van der Waals surface area contributed by atoms with E-state index in [2.05, 4.69) is 4.74 Å². The van der Waals surface area contributed by atoms with Crippen LogP contribution in [0.3, 0.4) is 0 Å². The predicted molar refractivity (Wildman–Crippen MR) is 113 cm³/mol. The highest BCUT2D eigenvalue weighted by atomic mass is 19.1. The molecule has 0 aliphatic rings. The van der Waals surface area contributed by atoms with Gasteiger partial charge in [0.05, 0.1) is 19.2 Å². The van der Waals surface area contributed by atoms with Crippen LogP contribution < -0.4 is 5.56 Å². The van der Waals surface area contributed by atoms with E-state index in [4.69, 9.17) is 0 Å². The molecule has 3 aromatic rings. The van der Waals surface area contributed by atoms with E-state index in [9.17, 15) is 32.7 Å². The highest BCUT2D eigenvalue weighted by Gasteiger charge is 2.18. The Morgan fingerprint density at radius 2 is 1.76 bits per heavy atom. The van der Waals surface area contributed by atoms with E-state index in [1.54, 1.807) is 6.07 Å². The number of methoxy groups -OCH3 is 1. The first-order chi connectivity index (χ1) is 15.7. The SMILES string of the molecule is COC(=O)C(=O)C=C(O)c1cc(Cc2ccc(F)cc2F)cn(Cc2ccccc2F)c1=O. The van der Waals surface area contributed by atoms with Gasteiger partial charge in [-0.05, 0) is 29.3 Å². The van der Waals surface area contributed by atoms with Gasteiger partial charge < -0.3 is 14.4 Å². The number of halogens is 3. The number of ketones is 1. The van der Waals surface area contributed by atoms with Crippen molar-refractivity contribution >= 4 is 17.5 Å². The predicted octanol–water partition coefficient (Wildman–Crippen LogP) is 3.55. The molecule has 0 aliphatic heterocycles. The Morgan fingerprint density at radius 3 is 2.42 bits per heavy atom. The molecular formula is C24H18F3NO5. The van der Waals surface area contributed by atoms with Crippen LogP contribution in [0, 0.1) is 17.5 Å². The number of rotatable bonds is 7. The number of carbonyl (C=O) groups excluding carboxylic acids is 2. The summed E-state index contributed by atoms with van der Waals surface area (Å²) in [6.07, 6.45) is 1.77. The van der Waals surface area contributed by atoms with Crippen molar-refractivity contribution in [3.8, 4) is 0 Å². The van der Waals surface area contributed by atoms with Gasteiger partial charge in [-0.25, -0.2) is 18.0 Å². The third-order valence-corrected chi connectivity index (χ3v) is 4.78. The molecule has 0 spiro atoms. The zero-order chi connectivity index (χ0) is 24.1. The van der Waals surface area contributed by atoms with Crippen molar-refractivity contribution < 1.29 is 32.6 Å². The maximum Gasteiger partial charge on any atom is 0.378 e. The van der Waals surface area contributed by atoms with Gasteiger partial charge in [-0.1, -0.05) is 24.3 Å². The number of hydrogen-bond acceptors (Lipinski definition) is 5. The third kappa shape index (κ3) is 5.57. The first kappa shape index (κ1) is 23.5. The Labute approximate surface area is 186 Å². The summed E-state index contributed by atoms with van der Waals surface area (Å²) in [6, 6.07) is 9.95. The second kappa shape index (κ2) is 9.99. The smallest absolute Gasteiger partial charge is 0.378 e. The lowest BCUT2D eigenvalue weighted by molar-refractivity contribution is -0.149. The molecule has 0 atom stereocenters. The van der Waals surface area contributed by atoms with E-state index in [0.717, 1.165) is 17.7 Å². The van der Waals surface area contributed by atoms with Crippen LogP contribution in [-0.2, 0) is 27.3 Å². The van der Waals surface area contributed by atoms with Gasteiger partial charge in [0.15, 0.2) is 0 Å². The van der Waals surface area contributed by atoms with Gasteiger partial charge in [0, 0.05) is 30.3 Å². The Kier molecular flexibility index (Phi) is 7.12. The Balaban J connectivity index is 2.11. The molecule has 9 heteroatoms. The zero-order valence-electron chi connectivity index (χ0n) is 17.3. The number of hydrogen-bond donors (Lipinski definition) is 1. The van der Waals surface area contributed by atoms with Gasteiger partial charge in [0.2, 0.25) is 0 Å². The van der Waals surface area contributed by atoms with Crippen molar-refractivity contribution in [1.82, 2.24) is 4.57 Å². The van der Waals surface area contributed by atoms with Crippen LogP contribution in [0.2, 0.25) is 0 Å². The van der Waals surface area contributed by atoms with Crippen LogP contribution >= 0.6 is 0 Å². The van der Waals surface area contributed by atoms with E-state index in [1.165, 1.54) is 36.5 Å². The zero-order valence-corrected chi connectivity index (χ0v) is 17.3. The second-order valence-corrected chi connectivity index (χ2v) is 7.08. The van der Waals surface area contributed by atoms with E-state index >= 15 is 0 Å². The van der Waals surface area contributed by atoms with E-state index in [1.807, 2.05) is 0 Å². The van der Waals surface area contributed by atoms with Crippen LogP contribution in [0.25, 0.3) is 5.76 Å². The summed E-state index contributed by atoms with van der Waals surface area (Å²) < 4.78 is 46.9. The number of esters is 1. The third-order valence-electron chi connectivity index (χ3n) is 4.78. The van der Waals surface area contributed by atoms with Gasteiger partial charge in [-0.15, -0.1) is 0 Å². The minimum atomic E-state index is -1.25. The molecule has 170 valence electrons. The van der Waals surface area contributed by atoms with Crippen LogP contribution in [0.15, 0.2) is 65.6 Å². The fraction of sp³-hybridized carbons (Fsp3) is 0.125. The minimum absolute atomic E-state index is 0.102. The molecule has 2 aromatic carbocycles. The lowest BCUT2D eigenvalue weighted by atomic mass is 10.0. The number of benzene rings is 2. The highest BCUT2D eigenvalue weighted by Crippen LogP contribution is 2.18. The fourth-order valence-electron chi connectivity index (χ4n) is 3.15. The number of pyridine rings is 1. The molecule has 1 heterocycles. The summed E-state index contributed by atoms with van der Waals surface area (Å²) in [5.41, 5.74) is -0.578. The van der Waals surface area contributed by atoms with Crippen molar-refractivity contribution in [2.45, 2.75) is 13.0 Å². The van der Waals surface area contributed by atoms with Gasteiger partial charge in [-0.3, -0.25) is 9.59 Å². The lowest BCUT2D eigenvalue weighted by Gasteiger charge is -2.13. The van der Waals surface area contributed by atoms with Crippen LogP contribution in [0.4, 0.5) is 13.2 Å². The molecular weight excluding hydrogens is 439 g/mol. The number of aliphatic hydroxyl groups excluding tert-OH is 1. The largest absolute Gasteiger partial charge is 0.507 e. The summed E-state index contributed by atoms with van der Waals surface area (Å²) in [5, 5.41) is 10.4. The molecule has 0 fully saturated rings. The van der Waals surface area contributed by atoms with Gasteiger partial charge in [0.1, 0.15) is 23.2 Å². The van der Waals surface area contributed by atoms with Crippen molar-refractivity contribution in [3.63, 3.8) is 0 Å². The molecule has 33 heavy (non-hydrogen) atoms. The van der Waals surface area contributed by atoms with Gasteiger partial charge >= 0.3 is 5.97 Å². The quantitative estimate of drug-likeness (QED) is 0.254. The molecule has 0 saturated carbocycles. The standard InChI is InChI=1S/C24H18F3NO5/c1-33-24(32)22(30)11-21(29)18-9-14(8-15-6-7-17(25)10-20(15)27)12-28(23(18)31)13-16-4-2-3-5-19(16)26/h2-7,9-12,29H,8,13H2,1H3. The van der Waals surface area contributed by atoms with Crippen molar-refractivity contribution in [1.29, 1.82) is 0 Å². The summed E-state index contributed by atoms with van der Waals surface area (Å²) >= 11 is 0. The number of nitrogens with zero attached hydrogens (tertiary/aromatic N) is 1. The second-order valence-electron chi connectivity index (χ2n) is 7.08. The molecule has 3 rings (SSSR count). The van der Waals surface area contributed by atoms with Crippen molar-refractivity contribution in [2.24, 2.45) is 0 Å². The van der Waals surface area contributed by atoms with Crippen LogP contribution in [-0.4, -0.2) is 28.5 Å². The van der Waals surface area contributed by atoms with Crippen LogP contribution in [0.5, 0.6) is 0 Å². The summed E-state index contributed by atoms with van der Waals surface area (Å²) in [7, 11) is 0.977. The maximum absolute atomic E-state index is 14.2. The first-order valence-corrected chi connectivity index (χ1v) is 9.63. The lowest BCUT2D eigenvalue weighted by Crippen LogP contribution is -2.25. The Hall–Kier alpha value is -4.14. The van der Waals surface area contributed by atoms with Crippen molar-refractivity contribution in [2.75, 3.05) is 7.11 Å². The average molecular weight is 457 g/mol. The van der Waals surface area contributed by atoms with E-state index < -0.39 is 40.5 Å². The Morgan fingerprint density at radius 1 is 1.03 bits per heavy atom. The van der Waals surface area contributed by atoms with Crippen molar-refractivity contribution in [3.05, 3.63) is 111 Å². The van der Waals surface area contributed by atoms with E-state index in [0.29, 0.717) is 17.7 Å². The average Bonchev–Trinajstić information content (AvgIpc) is 2.78. The monoisotopic (exact) mass is 457 g/mol. The summed E-state index contributed by atoms with van der Waals surface area (Å²) in [4.78, 5) is 36.1.